The molecule has 1 saturated heterocycles. The summed E-state index contributed by atoms with van der Waals surface area (Å²) in [5.74, 6) is -0.240. The van der Waals surface area contributed by atoms with Crippen LogP contribution in [0.3, 0.4) is 0 Å². The fourth-order valence-electron chi connectivity index (χ4n) is 2.67. The molecule has 0 bridgehead atoms. The molecule has 0 radical (unpaired) electrons. The Hall–Kier alpha value is -0.990. The molecule has 0 aromatic carbocycles. The van der Waals surface area contributed by atoms with E-state index in [0.29, 0.717) is 19.0 Å². The quantitative estimate of drug-likeness (QED) is 0.852. The summed E-state index contributed by atoms with van der Waals surface area (Å²) in [5.41, 5.74) is 0. The molecule has 1 N–H and O–H groups in total. The van der Waals surface area contributed by atoms with Gasteiger partial charge in [0.25, 0.3) is 0 Å². The summed E-state index contributed by atoms with van der Waals surface area (Å²) >= 11 is 1.21. The van der Waals surface area contributed by atoms with Gasteiger partial charge < -0.3 is 5.11 Å². The summed E-state index contributed by atoms with van der Waals surface area (Å²) in [4.78, 5) is 15.2. The second-order valence-electron chi connectivity index (χ2n) is 6.14. The summed E-state index contributed by atoms with van der Waals surface area (Å²) in [5, 5.41) is 9.72. The lowest BCUT2D eigenvalue weighted by Crippen LogP contribution is -2.40. The Bertz CT molecular complexity index is 617. The van der Waals surface area contributed by atoms with Crippen molar-refractivity contribution in [3.05, 3.63) is 16.1 Å². The van der Waals surface area contributed by atoms with Crippen LogP contribution in [0.2, 0.25) is 0 Å². The van der Waals surface area contributed by atoms with Gasteiger partial charge >= 0.3 is 5.97 Å². The average molecular weight is 346 g/mol. The molecule has 8 heteroatoms. The Labute approximate surface area is 135 Å². The summed E-state index contributed by atoms with van der Waals surface area (Å²) in [6.07, 6.45) is 3.74. The fraction of sp³-hybridized carbons (Fsp3) is 0.714. The van der Waals surface area contributed by atoms with Crippen molar-refractivity contribution in [1.82, 2.24) is 9.29 Å². The Balaban J connectivity index is 1.88. The van der Waals surface area contributed by atoms with Gasteiger partial charge in [0.05, 0.1) is 17.0 Å². The molecule has 0 spiro atoms. The van der Waals surface area contributed by atoms with E-state index in [1.54, 1.807) is 4.31 Å². The molecule has 22 heavy (non-hydrogen) atoms. The van der Waals surface area contributed by atoms with Crippen LogP contribution in [0.5, 0.6) is 0 Å². The van der Waals surface area contributed by atoms with Crippen LogP contribution in [-0.4, -0.2) is 47.6 Å². The molecule has 0 aliphatic carbocycles. The van der Waals surface area contributed by atoms with Gasteiger partial charge in [-0.2, -0.15) is 0 Å². The lowest BCUT2D eigenvalue weighted by molar-refractivity contribution is 0.0702. The van der Waals surface area contributed by atoms with Crippen molar-refractivity contribution in [2.45, 2.75) is 33.1 Å². The van der Waals surface area contributed by atoms with Crippen molar-refractivity contribution in [3.63, 3.8) is 0 Å². The number of aromatic carboxylic acids is 1. The van der Waals surface area contributed by atoms with Gasteiger partial charge in [-0.25, -0.2) is 22.5 Å². The van der Waals surface area contributed by atoms with Crippen LogP contribution in [0.1, 0.15) is 41.4 Å². The SMILES string of the molecule is CC(C)CS(=O)(=O)N1CCC(Cc2ncc(C(=O)O)s2)CC1. The van der Waals surface area contributed by atoms with Crippen LogP contribution < -0.4 is 0 Å². The van der Waals surface area contributed by atoms with E-state index >= 15 is 0 Å². The number of aromatic nitrogens is 1. The first-order valence-corrected chi connectivity index (χ1v) is 9.86. The van der Waals surface area contributed by atoms with E-state index in [1.165, 1.54) is 17.5 Å². The largest absolute Gasteiger partial charge is 0.477 e. The van der Waals surface area contributed by atoms with Gasteiger partial charge in [-0.05, 0) is 24.7 Å². The maximum atomic E-state index is 12.2. The van der Waals surface area contributed by atoms with Crippen LogP contribution in [0.4, 0.5) is 0 Å². The first-order chi connectivity index (χ1) is 10.3. The van der Waals surface area contributed by atoms with Crippen molar-refractivity contribution >= 4 is 27.3 Å². The van der Waals surface area contributed by atoms with Gasteiger partial charge in [-0.3, -0.25) is 0 Å². The highest BCUT2D eigenvalue weighted by Gasteiger charge is 2.29. The molecule has 1 aliphatic heterocycles. The number of piperidine rings is 1. The molecule has 1 aliphatic rings. The number of carbonyl (C=O) groups is 1. The number of hydrogen-bond acceptors (Lipinski definition) is 5. The second-order valence-corrected chi connectivity index (χ2v) is 9.27. The summed E-state index contributed by atoms with van der Waals surface area (Å²) < 4.78 is 26.0. The lowest BCUT2D eigenvalue weighted by atomic mass is 9.95. The summed E-state index contributed by atoms with van der Waals surface area (Å²) in [6.45, 7) is 4.92. The minimum absolute atomic E-state index is 0.132. The molecule has 0 amide bonds. The van der Waals surface area contributed by atoms with Gasteiger partial charge in [-0.15, -0.1) is 11.3 Å². The van der Waals surface area contributed by atoms with Crippen molar-refractivity contribution < 1.29 is 18.3 Å². The third-order valence-corrected chi connectivity index (χ3v) is 6.99. The van der Waals surface area contributed by atoms with Crippen molar-refractivity contribution in [1.29, 1.82) is 0 Å². The predicted octanol–water partition coefficient (Wildman–Crippen LogP) is 2.08. The molecule has 1 fully saturated rings. The van der Waals surface area contributed by atoms with E-state index in [-0.39, 0.29) is 16.5 Å². The minimum atomic E-state index is -3.14. The zero-order chi connectivity index (χ0) is 16.3. The highest BCUT2D eigenvalue weighted by atomic mass is 32.2. The molecule has 0 atom stereocenters. The highest BCUT2D eigenvalue weighted by molar-refractivity contribution is 7.89. The second kappa shape index (κ2) is 7.06. The number of carboxylic acids is 1. The maximum Gasteiger partial charge on any atom is 0.347 e. The van der Waals surface area contributed by atoms with E-state index in [0.717, 1.165) is 24.3 Å². The predicted molar refractivity (Wildman–Crippen MR) is 85.7 cm³/mol. The number of thiazole rings is 1. The molecule has 0 unspecified atom stereocenters. The molecular formula is C14H22N2O4S2. The first kappa shape index (κ1) is 17.4. The molecule has 1 aromatic rings. The molecule has 2 rings (SSSR count). The van der Waals surface area contributed by atoms with Gasteiger partial charge in [0.1, 0.15) is 4.88 Å². The van der Waals surface area contributed by atoms with Gasteiger partial charge in [0.2, 0.25) is 10.0 Å². The number of rotatable bonds is 6. The van der Waals surface area contributed by atoms with Crippen molar-refractivity contribution in [2.24, 2.45) is 11.8 Å². The molecule has 1 aromatic heterocycles. The Morgan fingerprint density at radius 1 is 1.45 bits per heavy atom. The van der Waals surface area contributed by atoms with Crippen LogP contribution in [-0.2, 0) is 16.4 Å². The van der Waals surface area contributed by atoms with Gasteiger partial charge in [-0.1, -0.05) is 13.8 Å². The average Bonchev–Trinajstić information content (AvgIpc) is 2.86. The molecule has 0 saturated carbocycles. The summed E-state index contributed by atoms with van der Waals surface area (Å²) in [7, 11) is -3.14. The van der Waals surface area contributed by atoms with Gasteiger partial charge in [0, 0.05) is 19.5 Å². The maximum absolute atomic E-state index is 12.2. The standard InChI is InChI=1S/C14H22N2O4S2/c1-10(2)9-22(19,20)16-5-3-11(4-6-16)7-13-15-8-12(21-13)14(17)18/h8,10-11H,3-7,9H2,1-2H3,(H,17,18). The lowest BCUT2D eigenvalue weighted by Gasteiger charge is -2.31. The van der Waals surface area contributed by atoms with Crippen LogP contribution in [0.15, 0.2) is 6.20 Å². The normalized spacial score (nSPS) is 18.0. The highest BCUT2D eigenvalue weighted by Crippen LogP contribution is 2.26. The smallest absolute Gasteiger partial charge is 0.347 e. The van der Waals surface area contributed by atoms with E-state index in [4.69, 9.17) is 5.11 Å². The third-order valence-electron chi connectivity index (χ3n) is 3.74. The van der Waals surface area contributed by atoms with Crippen LogP contribution in [0, 0.1) is 11.8 Å². The Kier molecular flexibility index (Phi) is 5.57. The topological polar surface area (TPSA) is 87.6 Å². The number of sulfonamides is 1. The zero-order valence-corrected chi connectivity index (χ0v) is 14.5. The Morgan fingerprint density at radius 3 is 2.59 bits per heavy atom. The van der Waals surface area contributed by atoms with Gasteiger partial charge in [0.15, 0.2) is 0 Å². The van der Waals surface area contributed by atoms with Crippen molar-refractivity contribution in [2.75, 3.05) is 18.8 Å². The first-order valence-electron chi connectivity index (χ1n) is 7.43. The fourth-order valence-corrected chi connectivity index (χ4v) is 5.36. The van der Waals surface area contributed by atoms with Crippen LogP contribution >= 0.6 is 11.3 Å². The van der Waals surface area contributed by atoms with Crippen LogP contribution in [0.25, 0.3) is 0 Å². The number of nitrogens with zero attached hydrogens (tertiary/aromatic N) is 2. The molecular weight excluding hydrogens is 324 g/mol. The van der Waals surface area contributed by atoms with E-state index in [1.807, 2.05) is 13.8 Å². The van der Waals surface area contributed by atoms with E-state index in [9.17, 15) is 13.2 Å². The number of hydrogen-bond donors (Lipinski definition) is 1. The number of carboxylic acid groups (broad SMARTS) is 1. The van der Waals surface area contributed by atoms with E-state index < -0.39 is 16.0 Å². The molecule has 124 valence electrons. The Morgan fingerprint density at radius 2 is 2.09 bits per heavy atom. The van der Waals surface area contributed by atoms with E-state index in [2.05, 4.69) is 4.98 Å². The third kappa shape index (κ3) is 4.50. The molecule has 2 heterocycles. The minimum Gasteiger partial charge on any atom is -0.477 e. The summed E-state index contributed by atoms with van der Waals surface area (Å²) in [6, 6.07) is 0. The van der Waals surface area contributed by atoms with Crippen molar-refractivity contribution in [3.8, 4) is 0 Å². The monoisotopic (exact) mass is 346 g/mol. The zero-order valence-electron chi connectivity index (χ0n) is 12.9. The molecule has 6 nitrogen and oxygen atoms in total.